The predicted octanol–water partition coefficient (Wildman–Crippen LogP) is 2.06. The Morgan fingerprint density at radius 3 is 2.68 bits per heavy atom. The molecule has 0 fully saturated rings. The van der Waals surface area contributed by atoms with Gasteiger partial charge in [0, 0.05) is 30.2 Å². The number of anilines is 1. The van der Waals surface area contributed by atoms with Crippen LogP contribution in [0.3, 0.4) is 0 Å². The van der Waals surface area contributed by atoms with E-state index >= 15 is 0 Å². The van der Waals surface area contributed by atoms with Crippen molar-refractivity contribution in [2.24, 2.45) is 0 Å². The van der Waals surface area contributed by atoms with E-state index in [0.29, 0.717) is 18.7 Å². The lowest BCUT2D eigenvalue weighted by molar-refractivity contribution is 0.0951. The van der Waals surface area contributed by atoms with Crippen molar-refractivity contribution < 1.29 is 9.90 Å². The molecule has 2 aromatic rings. The van der Waals surface area contributed by atoms with E-state index in [1.165, 1.54) is 0 Å². The third-order valence-electron chi connectivity index (χ3n) is 3.37. The molecule has 1 amide bonds. The largest absolute Gasteiger partial charge is 0.395 e. The second-order valence-corrected chi connectivity index (χ2v) is 5.90. The molecule has 2 N–H and O–H groups in total. The second kappa shape index (κ2) is 7.91. The van der Waals surface area contributed by atoms with Gasteiger partial charge >= 0.3 is 0 Å². The van der Waals surface area contributed by atoms with Gasteiger partial charge in [-0.1, -0.05) is 6.92 Å². The van der Waals surface area contributed by atoms with Gasteiger partial charge < -0.3 is 15.3 Å². The first-order valence-electron chi connectivity index (χ1n) is 7.27. The third-order valence-corrected chi connectivity index (χ3v) is 4.27. The van der Waals surface area contributed by atoms with Crippen molar-refractivity contribution in [3.63, 3.8) is 0 Å². The van der Waals surface area contributed by atoms with Crippen LogP contribution in [0.4, 0.5) is 5.69 Å². The van der Waals surface area contributed by atoms with Crippen molar-refractivity contribution >= 4 is 22.9 Å². The van der Waals surface area contributed by atoms with Crippen LogP contribution < -0.4 is 10.2 Å². The van der Waals surface area contributed by atoms with E-state index in [-0.39, 0.29) is 12.5 Å². The molecule has 0 aliphatic rings. The van der Waals surface area contributed by atoms with Gasteiger partial charge in [0.2, 0.25) is 0 Å². The van der Waals surface area contributed by atoms with Crippen molar-refractivity contribution in [3.05, 3.63) is 45.9 Å². The number of aliphatic hydroxyl groups is 1. The molecule has 0 atom stereocenters. The number of hydrogen-bond acceptors (Lipinski definition) is 5. The number of carbonyl (C=O) groups is 1. The minimum absolute atomic E-state index is 0.103. The Hall–Kier alpha value is -1.92. The zero-order valence-corrected chi connectivity index (χ0v) is 13.7. The number of likely N-dealkylation sites (N-methyl/N-ethyl adjacent to an activating group) is 1. The Morgan fingerprint density at radius 1 is 1.36 bits per heavy atom. The average molecular weight is 319 g/mol. The summed E-state index contributed by atoms with van der Waals surface area (Å²) in [6.07, 6.45) is 0.910. The molecule has 0 unspecified atom stereocenters. The van der Waals surface area contributed by atoms with Gasteiger partial charge in [0.15, 0.2) is 0 Å². The predicted molar refractivity (Wildman–Crippen MR) is 89.5 cm³/mol. The number of amides is 1. The number of carbonyl (C=O) groups excluding carboxylic acids is 1. The molecule has 0 bridgehead atoms. The summed E-state index contributed by atoms with van der Waals surface area (Å²) >= 11 is 1.57. The van der Waals surface area contributed by atoms with Crippen LogP contribution in [-0.2, 0) is 13.0 Å². The molecule has 0 spiro atoms. The normalized spacial score (nSPS) is 10.5. The summed E-state index contributed by atoms with van der Waals surface area (Å²) in [6.45, 7) is 3.18. The van der Waals surface area contributed by atoms with Crippen molar-refractivity contribution in [2.75, 3.05) is 25.1 Å². The summed E-state index contributed by atoms with van der Waals surface area (Å²) in [5, 5.41) is 14.8. The Kier molecular flexibility index (Phi) is 5.91. The Bertz CT molecular complexity index is 610. The van der Waals surface area contributed by atoms with Gasteiger partial charge in [-0.25, -0.2) is 4.98 Å². The maximum absolute atomic E-state index is 12.1. The standard InChI is InChI=1S/C16H21N3O2S/c1-3-13-11-22-15(18-13)10-17-16(21)12-4-6-14(7-5-12)19(2)8-9-20/h4-7,11,20H,3,8-10H2,1-2H3,(H,17,21). The fourth-order valence-corrected chi connectivity index (χ4v) is 2.81. The van der Waals surface area contributed by atoms with Crippen LogP contribution in [0.5, 0.6) is 0 Å². The number of aliphatic hydroxyl groups excluding tert-OH is 1. The molecule has 0 saturated heterocycles. The van der Waals surface area contributed by atoms with Crippen LogP contribution in [0.25, 0.3) is 0 Å². The zero-order chi connectivity index (χ0) is 15.9. The van der Waals surface area contributed by atoms with E-state index in [1.807, 2.05) is 29.5 Å². The van der Waals surface area contributed by atoms with Crippen molar-refractivity contribution in [3.8, 4) is 0 Å². The Morgan fingerprint density at radius 2 is 2.09 bits per heavy atom. The van der Waals surface area contributed by atoms with Gasteiger partial charge in [0.25, 0.3) is 5.91 Å². The number of hydrogen-bond donors (Lipinski definition) is 2. The van der Waals surface area contributed by atoms with E-state index in [4.69, 9.17) is 5.11 Å². The fourth-order valence-electron chi connectivity index (χ4n) is 2.00. The van der Waals surface area contributed by atoms with Gasteiger partial charge in [-0.2, -0.15) is 0 Å². The highest BCUT2D eigenvalue weighted by atomic mass is 32.1. The first-order chi connectivity index (χ1) is 10.6. The number of aryl methyl sites for hydroxylation is 1. The summed E-state index contributed by atoms with van der Waals surface area (Å²) in [5.74, 6) is -0.107. The quantitative estimate of drug-likeness (QED) is 0.820. The highest BCUT2D eigenvalue weighted by Crippen LogP contribution is 2.14. The molecule has 6 heteroatoms. The van der Waals surface area contributed by atoms with Gasteiger partial charge in [-0.05, 0) is 30.7 Å². The van der Waals surface area contributed by atoms with Crippen LogP contribution in [0.15, 0.2) is 29.6 Å². The Balaban J connectivity index is 1.92. The maximum atomic E-state index is 12.1. The molecule has 22 heavy (non-hydrogen) atoms. The second-order valence-electron chi connectivity index (χ2n) is 4.96. The molecular formula is C16H21N3O2S. The number of aromatic nitrogens is 1. The summed E-state index contributed by atoms with van der Waals surface area (Å²) in [5.41, 5.74) is 2.65. The van der Waals surface area contributed by atoms with Gasteiger partial charge in [0.05, 0.1) is 18.8 Å². The molecule has 2 rings (SSSR count). The number of nitrogens with one attached hydrogen (secondary N) is 1. The third kappa shape index (κ3) is 4.29. The molecule has 0 saturated carbocycles. The van der Waals surface area contributed by atoms with Crippen molar-refractivity contribution in [1.29, 1.82) is 0 Å². The molecule has 118 valence electrons. The van der Waals surface area contributed by atoms with Crippen LogP contribution >= 0.6 is 11.3 Å². The fraction of sp³-hybridized carbons (Fsp3) is 0.375. The number of thiazole rings is 1. The first-order valence-corrected chi connectivity index (χ1v) is 8.15. The summed E-state index contributed by atoms with van der Waals surface area (Å²) < 4.78 is 0. The topological polar surface area (TPSA) is 65.5 Å². The molecular weight excluding hydrogens is 298 g/mol. The highest BCUT2D eigenvalue weighted by molar-refractivity contribution is 7.09. The minimum Gasteiger partial charge on any atom is -0.395 e. The molecule has 1 aromatic heterocycles. The van der Waals surface area contributed by atoms with Gasteiger partial charge in [-0.3, -0.25) is 4.79 Å². The lowest BCUT2D eigenvalue weighted by Crippen LogP contribution is -2.23. The number of nitrogens with zero attached hydrogens (tertiary/aromatic N) is 2. The maximum Gasteiger partial charge on any atom is 0.251 e. The van der Waals surface area contributed by atoms with E-state index in [1.54, 1.807) is 23.5 Å². The van der Waals surface area contributed by atoms with Crippen LogP contribution in [0.2, 0.25) is 0 Å². The monoisotopic (exact) mass is 319 g/mol. The lowest BCUT2D eigenvalue weighted by atomic mass is 10.2. The van der Waals surface area contributed by atoms with E-state index in [9.17, 15) is 4.79 Å². The number of benzene rings is 1. The first kappa shape index (κ1) is 16.5. The van der Waals surface area contributed by atoms with Crippen molar-refractivity contribution in [1.82, 2.24) is 10.3 Å². The lowest BCUT2D eigenvalue weighted by Gasteiger charge is -2.17. The highest BCUT2D eigenvalue weighted by Gasteiger charge is 2.08. The minimum atomic E-state index is -0.107. The smallest absolute Gasteiger partial charge is 0.251 e. The molecule has 5 nitrogen and oxygen atoms in total. The van der Waals surface area contributed by atoms with Crippen LogP contribution in [0.1, 0.15) is 28.0 Å². The van der Waals surface area contributed by atoms with E-state index < -0.39 is 0 Å². The van der Waals surface area contributed by atoms with Crippen LogP contribution in [0, 0.1) is 0 Å². The van der Waals surface area contributed by atoms with Gasteiger partial charge in [0.1, 0.15) is 5.01 Å². The summed E-state index contributed by atoms with van der Waals surface area (Å²) in [7, 11) is 1.90. The van der Waals surface area contributed by atoms with E-state index in [2.05, 4.69) is 17.2 Å². The zero-order valence-electron chi connectivity index (χ0n) is 12.9. The van der Waals surface area contributed by atoms with Gasteiger partial charge in [-0.15, -0.1) is 11.3 Å². The molecule has 0 aliphatic carbocycles. The molecule has 0 radical (unpaired) electrons. The summed E-state index contributed by atoms with van der Waals surface area (Å²) in [4.78, 5) is 18.5. The molecule has 1 aromatic carbocycles. The average Bonchev–Trinajstić information content (AvgIpc) is 3.01. The van der Waals surface area contributed by atoms with Crippen LogP contribution in [-0.4, -0.2) is 36.2 Å². The SMILES string of the molecule is CCc1csc(CNC(=O)c2ccc(N(C)CCO)cc2)n1. The molecule has 1 heterocycles. The van der Waals surface area contributed by atoms with E-state index in [0.717, 1.165) is 22.8 Å². The van der Waals surface area contributed by atoms with Crippen molar-refractivity contribution in [2.45, 2.75) is 19.9 Å². The Labute approximate surface area is 134 Å². The summed E-state index contributed by atoms with van der Waals surface area (Å²) in [6, 6.07) is 7.34. The molecule has 0 aliphatic heterocycles. The number of rotatable bonds is 7.